The van der Waals surface area contributed by atoms with E-state index < -0.39 is 11.5 Å². The lowest BCUT2D eigenvalue weighted by Gasteiger charge is -2.10. The highest BCUT2D eigenvalue weighted by Crippen LogP contribution is 2.25. The third kappa shape index (κ3) is 5.00. The van der Waals surface area contributed by atoms with Gasteiger partial charge in [0.1, 0.15) is 28.6 Å². The van der Waals surface area contributed by atoms with Gasteiger partial charge in [-0.25, -0.2) is 0 Å². The fourth-order valence-corrected chi connectivity index (χ4v) is 3.38. The van der Waals surface area contributed by atoms with Crippen LogP contribution in [0.1, 0.15) is 11.1 Å². The predicted molar refractivity (Wildman–Crippen MR) is 129 cm³/mol. The molecule has 0 aliphatic carbocycles. The van der Waals surface area contributed by atoms with Gasteiger partial charge in [-0.05, 0) is 67.1 Å². The number of hydrogen-bond acceptors (Lipinski definition) is 5. The van der Waals surface area contributed by atoms with Crippen LogP contribution in [0.25, 0.3) is 11.7 Å². The van der Waals surface area contributed by atoms with E-state index in [9.17, 15) is 14.9 Å². The number of carbonyl (C=O) groups excluding carboxylic acids is 1. The number of nitrogens with zero attached hydrogens (tertiary/aromatic N) is 3. The number of pyridine rings is 1. The normalized spacial score (nSPS) is 11.1. The molecule has 0 saturated heterocycles. The first-order valence-electron chi connectivity index (χ1n) is 9.89. The minimum Gasteiger partial charge on any atom is -0.438 e. The number of fused-ring (bicyclic) bond motifs is 1. The highest BCUT2D eigenvalue weighted by Gasteiger charge is 2.17. The summed E-state index contributed by atoms with van der Waals surface area (Å²) in [6.45, 7) is 1.89. The van der Waals surface area contributed by atoms with Crippen LogP contribution in [0.3, 0.4) is 0 Å². The number of rotatable bonds is 5. The topological polar surface area (TPSA) is 96.5 Å². The van der Waals surface area contributed by atoms with Crippen LogP contribution in [-0.2, 0) is 4.79 Å². The number of halogens is 1. The Bertz CT molecular complexity index is 1480. The number of nitriles is 1. The molecule has 33 heavy (non-hydrogen) atoms. The van der Waals surface area contributed by atoms with Gasteiger partial charge in [0.2, 0.25) is 5.88 Å². The summed E-state index contributed by atoms with van der Waals surface area (Å²) in [5.74, 6) is -0.206. The van der Waals surface area contributed by atoms with Crippen molar-refractivity contribution in [1.82, 2.24) is 9.38 Å². The lowest BCUT2D eigenvalue weighted by atomic mass is 10.1. The van der Waals surface area contributed by atoms with Crippen LogP contribution in [0.15, 0.2) is 87.8 Å². The fourth-order valence-electron chi connectivity index (χ4n) is 3.11. The van der Waals surface area contributed by atoms with Crippen LogP contribution in [0, 0.1) is 18.3 Å². The maximum atomic E-state index is 13.2. The quantitative estimate of drug-likeness (QED) is 0.303. The third-order valence-electron chi connectivity index (χ3n) is 4.69. The predicted octanol–water partition coefficient (Wildman–Crippen LogP) is 5.10. The van der Waals surface area contributed by atoms with Crippen molar-refractivity contribution in [2.75, 3.05) is 5.32 Å². The Morgan fingerprint density at radius 1 is 1.15 bits per heavy atom. The van der Waals surface area contributed by atoms with E-state index in [2.05, 4.69) is 26.2 Å². The van der Waals surface area contributed by atoms with E-state index in [0.717, 1.165) is 10.0 Å². The van der Waals surface area contributed by atoms with Crippen molar-refractivity contribution in [1.29, 1.82) is 5.26 Å². The molecule has 8 heteroatoms. The minimum atomic E-state index is -0.643. The zero-order valence-electron chi connectivity index (χ0n) is 17.4. The molecule has 4 aromatic rings. The summed E-state index contributed by atoms with van der Waals surface area (Å²) < 4.78 is 8.07. The van der Waals surface area contributed by atoms with Gasteiger partial charge in [0.15, 0.2) is 0 Å². The van der Waals surface area contributed by atoms with Gasteiger partial charge < -0.3 is 10.1 Å². The first kappa shape index (κ1) is 22.0. The number of aromatic nitrogens is 2. The molecule has 0 bridgehead atoms. The molecule has 0 fully saturated rings. The molecular formula is C25H17BrN4O3. The molecule has 162 valence electrons. The van der Waals surface area contributed by atoms with E-state index in [4.69, 9.17) is 4.74 Å². The van der Waals surface area contributed by atoms with Crippen LogP contribution in [0.4, 0.5) is 5.69 Å². The summed E-state index contributed by atoms with van der Waals surface area (Å²) >= 11 is 3.36. The fraction of sp³-hybridized carbons (Fsp3) is 0.0400. The summed E-state index contributed by atoms with van der Waals surface area (Å²) in [4.78, 5) is 30.4. The lowest BCUT2D eigenvalue weighted by Crippen LogP contribution is -2.20. The first-order chi connectivity index (χ1) is 15.9. The molecule has 1 N–H and O–H groups in total. The maximum absolute atomic E-state index is 13.2. The zero-order chi connectivity index (χ0) is 23.4. The average molecular weight is 501 g/mol. The molecular weight excluding hydrogens is 484 g/mol. The number of carbonyl (C=O) groups is 1. The summed E-state index contributed by atoms with van der Waals surface area (Å²) in [7, 11) is 0. The van der Waals surface area contributed by atoms with Gasteiger partial charge in [0, 0.05) is 16.4 Å². The van der Waals surface area contributed by atoms with Crippen molar-refractivity contribution in [3.8, 4) is 17.7 Å². The van der Waals surface area contributed by atoms with Crippen molar-refractivity contribution in [3.05, 3.63) is 104 Å². The number of aryl methyl sites for hydroxylation is 1. The van der Waals surface area contributed by atoms with E-state index in [1.165, 1.54) is 10.5 Å². The van der Waals surface area contributed by atoms with Gasteiger partial charge in [-0.15, -0.1) is 0 Å². The van der Waals surface area contributed by atoms with Crippen molar-refractivity contribution < 1.29 is 9.53 Å². The van der Waals surface area contributed by atoms with Crippen molar-refractivity contribution in [2.24, 2.45) is 0 Å². The summed E-state index contributed by atoms with van der Waals surface area (Å²) in [5.41, 5.74) is 1.13. The van der Waals surface area contributed by atoms with Crippen LogP contribution in [0.2, 0.25) is 0 Å². The van der Waals surface area contributed by atoms with Crippen molar-refractivity contribution in [3.63, 3.8) is 0 Å². The molecule has 0 radical (unpaired) electrons. The lowest BCUT2D eigenvalue weighted by molar-refractivity contribution is -0.112. The van der Waals surface area contributed by atoms with Crippen molar-refractivity contribution in [2.45, 2.75) is 6.92 Å². The highest BCUT2D eigenvalue weighted by atomic mass is 79.9. The highest BCUT2D eigenvalue weighted by molar-refractivity contribution is 9.10. The van der Waals surface area contributed by atoms with Crippen molar-refractivity contribution >= 4 is 39.2 Å². The van der Waals surface area contributed by atoms with Gasteiger partial charge in [-0.1, -0.05) is 34.1 Å². The maximum Gasteiger partial charge on any atom is 0.269 e. The van der Waals surface area contributed by atoms with Gasteiger partial charge in [-0.2, -0.15) is 10.2 Å². The number of amides is 1. The Hall–Kier alpha value is -4.22. The average Bonchev–Trinajstić information content (AvgIpc) is 2.80. The Morgan fingerprint density at radius 2 is 1.94 bits per heavy atom. The van der Waals surface area contributed by atoms with Crippen LogP contribution < -0.4 is 15.6 Å². The monoisotopic (exact) mass is 500 g/mol. The second-order valence-electron chi connectivity index (χ2n) is 7.11. The molecule has 0 unspecified atom stereocenters. The van der Waals surface area contributed by atoms with Gasteiger partial charge in [0.25, 0.3) is 11.5 Å². The van der Waals surface area contributed by atoms with Crippen LogP contribution in [0.5, 0.6) is 11.6 Å². The van der Waals surface area contributed by atoms with Gasteiger partial charge in [-0.3, -0.25) is 14.0 Å². The summed E-state index contributed by atoms with van der Waals surface area (Å²) in [6.07, 6.45) is 2.76. The Labute approximate surface area is 197 Å². The molecule has 0 spiro atoms. The second-order valence-corrected chi connectivity index (χ2v) is 8.03. The molecule has 2 aromatic carbocycles. The van der Waals surface area contributed by atoms with Crippen LogP contribution in [-0.4, -0.2) is 15.3 Å². The second kappa shape index (κ2) is 9.51. The number of anilines is 1. The first-order valence-corrected chi connectivity index (χ1v) is 10.7. The Kier molecular flexibility index (Phi) is 6.33. The van der Waals surface area contributed by atoms with E-state index in [-0.39, 0.29) is 17.0 Å². The molecule has 0 atom stereocenters. The van der Waals surface area contributed by atoms with Crippen LogP contribution >= 0.6 is 15.9 Å². The van der Waals surface area contributed by atoms with E-state index >= 15 is 0 Å². The number of benzene rings is 2. The summed E-state index contributed by atoms with van der Waals surface area (Å²) in [6, 6.07) is 21.1. The smallest absolute Gasteiger partial charge is 0.269 e. The Balaban J connectivity index is 1.79. The molecule has 1 amide bonds. The molecule has 0 aliphatic rings. The largest absolute Gasteiger partial charge is 0.438 e. The third-order valence-corrected chi connectivity index (χ3v) is 5.22. The molecule has 2 aromatic heterocycles. The SMILES string of the molecule is Cc1cccc(NC(=O)/C(C#N)=C\c2c(Oc3ccc(Br)cc3)nc3ccccn3c2=O)c1. The van der Waals surface area contributed by atoms with Gasteiger partial charge in [0.05, 0.1) is 0 Å². The summed E-state index contributed by atoms with van der Waals surface area (Å²) in [5, 5.41) is 12.3. The molecule has 7 nitrogen and oxygen atoms in total. The van der Waals surface area contributed by atoms with Gasteiger partial charge >= 0.3 is 0 Å². The molecule has 4 rings (SSSR count). The van der Waals surface area contributed by atoms with E-state index in [1.807, 2.05) is 19.1 Å². The molecule has 2 heterocycles. The number of hydrogen-bond donors (Lipinski definition) is 1. The van der Waals surface area contributed by atoms with E-state index in [0.29, 0.717) is 17.1 Å². The zero-order valence-corrected chi connectivity index (χ0v) is 19.0. The number of ether oxygens (including phenoxy) is 1. The minimum absolute atomic E-state index is 0.00960. The Morgan fingerprint density at radius 3 is 2.67 bits per heavy atom. The number of nitrogens with one attached hydrogen (secondary N) is 1. The standard InChI is InChI=1S/C25H17BrN4O3/c1-16-5-4-6-19(13-16)28-23(31)17(15-27)14-21-24(33-20-10-8-18(26)9-11-20)29-22-7-2-3-12-30(22)25(21)32/h2-14H,1H3,(H,28,31)/b17-14-. The molecule has 0 saturated carbocycles. The molecule has 0 aliphatic heterocycles. The van der Waals surface area contributed by atoms with E-state index in [1.54, 1.807) is 66.9 Å².